The summed E-state index contributed by atoms with van der Waals surface area (Å²) in [5.74, 6) is 0.345. The van der Waals surface area contributed by atoms with Gasteiger partial charge in [-0.2, -0.15) is 0 Å². The number of rotatable bonds is 4. The zero-order valence-electron chi connectivity index (χ0n) is 16.3. The van der Waals surface area contributed by atoms with E-state index in [0.29, 0.717) is 29.4 Å². The monoisotopic (exact) mass is 379 g/mol. The van der Waals surface area contributed by atoms with E-state index in [2.05, 4.69) is 22.0 Å². The summed E-state index contributed by atoms with van der Waals surface area (Å²) in [6.07, 6.45) is 3.86. The number of aromatic amines is 1. The van der Waals surface area contributed by atoms with Crippen LogP contribution in [0.25, 0.3) is 16.9 Å². The average Bonchev–Trinajstić information content (AvgIpc) is 3.12. The number of likely N-dealkylation sites (tertiary alicyclic amines) is 1. The van der Waals surface area contributed by atoms with Gasteiger partial charge < -0.3 is 9.80 Å². The van der Waals surface area contributed by atoms with Crippen LogP contribution in [0.5, 0.6) is 0 Å². The van der Waals surface area contributed by atoms with Crippen LogP contribution in [0.15, 0.2) is 47.4 Å². The van der Waals surface area contributed by atoms with Gasteiger partial charge in [0.15, 0.2) is 5.65 Å². The molecule has 1 saturated heterocycles. The van der Waals surface area contributed by atoms with Crippen LogP contribution in [-0.4, -0.2) is 64.0 Å². The predicted octanol–water partition coefficient (Wildman–Crippen LogP) is 2.10. The molecule has 28 heavy (non-hydrogen) atoms. The molecule has 1 atom stereocenters. The van der Waals surface area contributed by atoms with E-state index in [1.807, 2.05) is 37.4 Å². The van der Waals surface area contributed by atoms with Crippen molar-refractivity contribution in [2.45, 2.75) is 12.8 Å². The average molecular weight is 379 g/mol. The zero-order chi connectivity index (χ0) is 19.7. The summed E-state index contributed by atoms with van der Waals surface area (Å²) in [4.78, 5) is 34.2. The van der Waals surface area contributed by atoms with Crippen LogP contribution in [-0.2, 0) is 0 Å². The van der Waals surface area contributed by atoms with Crippen molar-refractivity contribution in [1.82, 2.24) is 24.4 Å². The molecule has 3 aromatic rings. The number of hydrogen-bond donors (Lipinski definition) is 1. The molecule has 1 aliphatic heterocycles. The summed E-state index contributed by atoms with van der Waals surface area (Å²) in [7, 11) is 3.94. The molecule has 1 fully saturated rings. The predicted molar refractivity (Wildman–Crippen MR) is 108 cm³/mol. The van der Waals surface area contributed by atoms with Gasteiger partial charge in [0.05, 0.1) is 5.69 Å². The smallest absolute Gasteiger partial charge is 0.273 e. The van der Waals surface area contributed by atoms with Crippen LogP contribution in [0.3, 0.4) is 0 Å². The lowest BCUT2D eigenvalue weighted by Gasteiger charge is -2.32. The molecule has 7 heteroatoms. The largest absolute Gasteiger partial charge is 0.341 e. The molecule has 1 aliphatic rings. The summed E-state index contributed by atoms with van der Waals surface area (Å²) in [5, 5.41) is 2.87. The van der Waals surface area contributed by atoms with E-state index < -0.39 is 0 Å². The Kier molecular flexibility index (Phi) is 5.00. The number of amides is 1. The fourth-order valence-corrected chi connectivity index (χ4v) is 3.99. The minimum atomic E-state index is -0.237. The van der Waals surface area contributed by atoms with Crippen LogP contribution in [0.4, 0.5) is 0 Å². The third-order valence-corrected chi connectivity index (χ3v) is 5.40. The second-order valence-electron chi connectivity index (χ2n) is 7.65. The molecule has 146 valence electrons. The van der Waals surface area contributed by atoms with Crippen molar-refractivity contribution in [3.8, 4) is 11.3 Å². The van der Waals surface area contributed by atoms with Crippen LogP contribution in [0.1, 0.15) is 23.2 Å². The molecule has 1 amide bonds. The fourth-order valence-electron chi connectivity index (χ4n) is 3.99. The molecular formula is C21H25N5O2. The molecule has 1 N–H and O–H groups in total. The van der Waals surface area contributed by atoms with Gasteiger partial charge in [0.1, 0.15) is 5.56 Å². The van der Waals surface area contributed by atoms with Crippen LogP contribution < -0.4 is 5.56 Å². The molecule has 2 aromatic heterocycles. The first-order chi connectivity index (χ1) is 13.5. The summed E-state index contributed by atoms with van der Waals surface area (Å²) in [6.45, 7) is 2.82. The number of H-pyrrole nitrogens is 1. The van der Waals surface area contributed by atoms with Gasteiger partial charge in [-0.3, -0.25) is 14.7 Å². The number of carbonyl (C=O) groups excluding carboxylic acids is 1. The van der Waals surface area contributed by atoms with Gasteiger partial charge in [-0.05, 0) is 32.4 Å². The molecule has 0 spiro atoms. The second-order valence-corrected chi connectivity index (χ2v) is 7.65. The Hall–Kier alpha value is -2.93. The van der Waals surface area contributed by atoms with Gasteiger partial charge >= 0.3 is 0 Å². The van der Waals surface area contributed by atoms with E-state index in [4.69, 9.17) is 0 Å². The lowest BCUT2D eigenvalue weighted by Crippen LogP contribution is -2.40. The highest BCUT2D eigenvalue weighted by atomic mass is 16.2. The van der Waals surface area contributed by atoms with E-state index in [1.54, 1.807) is 11.1 Å². The SMILES string of the molecule is CN1CCCC(CN(C)C(=O)c2c[nH]n3c(=O)cc(-c4ccccc4)nc23)C1. The maximum Gasteiger partial charge on any atom is 0.273 e. The van der Waals surface area contributed by atoms with Crippen molar-refractivity contribution in [3.63, 3.8) is 0 Å². The second kappa shape index (κ2) is 7.59. The number of benzene rings is 1. The molecule has 0 radical (unpaired) electrons. The Morgan fingerprint density at radius 3 is 2.86 bits per heavy atom. The highest BCUT2D eigenvalue weighted by Gasteiger charge is 2.24. The zero-order valence-corrected chi connectivity index (χ0v) is 16.3. The van der Waals surface area contributed by atoms with Crippen molar-refractivity contribution in [2.75, 3.05) is 33.7 Å². The summed E-state index contributed by atoms with van der Waals surface area (Å²) in [6, 6.07) is 11.0. The fraction of sp³-hybridized carbons (Fsp3) is 0.381. The molecule has 0 bridgehead atoms. The van der Waals surface area contributed by atoms with Gasteiger partial charge in [-0.1, -0.05) is 30.3 Å². The Morgan fingerprint density at radius 1 is 1.32 bits per heavy atom. The Bertz CT molecular complexity index is 1040. The van der Waals surface area contributed by atoms with E-state index >= 15 is 0 Å². The maximum atomic E-state index is 13.1. The minimum absolute atomic E-state index is 0.121. The van der Waals surface area contributed by atoms with Gasteiger partial charge in [0, 0.05) is 38.0 Å². The van der Waals surface area contributed by atoms with Crippen molar-refractivity contribution in [1.29, 1.82) is 0 Å². The first kappa shape index (κ1) is 18.4. The lowest BCUT2D eigenvalue weighted by molar-refractivity contribution is 0.0742. The number of nitrogens with zero attached hydrogens (tertiary/aromatic N) is 4. The number of nitrogens with one attached hydrogen (secondary N) is 1. The van der Waals surface area contributed by atoms with Crippen LogP contribution >= 0.6 is 0 Å². The Balaban J connectivity index is 1.63. The van der Waals surface area contributed by atoms with Crippen molar-refractivity contribution in [2.24, 2.45) is 5.92 Å². The van der Waals surface area contributed by atoms with E-state index in [-0.39, 0.29) is 11.5 Å². The highest BCUT2D eigenvalue weighted by Crippen LogP contribution is 2.19. The molecule has 7 nitrogen and oxygen atoms in total. The quantitative estimate of drug-likeness (QED) is 0.753. The van der Waals surface area contributed by atoms with E-state index in [0.717, 1.165) is 31.5 Å². The maximum absolute atomic E-state index is 13.1. The van der Waals surface area contributed by atoms with Crippen molar-refractivity contribution >= 4 is 11.6 Å². The number of carbonyl (C=O) groups is 1. The van der Waals surface area contributed by atoms with Gasteiger partial charge in [0.2, 0.25) is 0 Å². The minimum Gasteiger partial charge on any atom is -0.341 e. The molecule has 4 rings (SSSR count). The third-order valence-electron chi connectivity index (χ3n) is 5.40. The van der Waals surface area contributed by atoms with Gasteiger partial charge in [-0.15, -0.1) is 0 Å². The van der Waals surface area contributed by atoms with E-state index in [9.17, 15) is 9.59 Å². The van der Waals surface area contributed by atoms with Gasteiger partial charge in [-0.25, -0.2) is 9.50 Å². The molecular weight excluding hydrogens is 354 g/mol. The molecule has 0 saturated carbocycles. The van der Waals surface area contributed by atoms with Crippen molar-refractivity contribution < 1.29 is 4.79 Å². The lowest BCUT2D eigenvalue weighted by atomic mass is 9.98. The third kappa shape index (κ3) is 3.57. The standard InChI is InChI=1S/C21H25N5O2/c1-24-10-6-7-15(13-24)14-25(2)21(28)17-12-22-26-19(27)11-18(23-20(17)26)16-8-4-3-5-9-16/h3-5,8-9,11-12,15,22H,6-7,10,13-14H2,1-2H3. The van der Waals surface area contributed by atoms with E-state index in [1.165, 1.54) is 10.6 Å². The highest BCUT2D eigenvalue weighted by molar-refractivity contribution is 5.99. The molecule has 1 unspecified atom stereocenters. The number of aromatic nitrogens is 3. The summed E-state index contributed by atoms with van der Waals surface area (Å²) >= 11 is 0. The Morgan fingerprint density at radius 2 is 2.11 bits per heavy atom. The number of hydrogen-bond acceptors (Lipinski definition) is 4. The van der Waals surface area contributed by atoms with Crippen molar-refractivity contribution in [3.05, 3.63) is 58.5 Å². The topological polar surface area (TPSA) is 73.7 Å². The summed E-state index contributed by atoms with van der Waals surface area (Å²) in [5.41, 5.74) is 1.96. The van der Waals surface area contributed by atoms with Gasteiger partial charge in [0.25, 0.3) is 11.5 Å². The Labute approximate surface area is 163 Å². The first-order valence-electron chi connectivity index (χ1n) is 9.63. The van der Waals surface area contributed by atoms with Crippen LogP contribution in [0, 0.1) is 5.92 Å². The molecule has 3 heterocycles. The van der Waals surface area contributed by atoms with Crippen LogP contribution in [0.2, 0.25) is 0 Å². The normalized spacial score (nSPS) is 17.7. The molecule has 0 aliphatic carbocycles. The number of piperidine rings is 1. The summed E-state index contributed by atoms with van der Waals surface area (Å²) < 4.78 is 1.32. The first-order valence-corrected chi connectivity index (χ1v) is 9.63. The number of fused-ring (bicyclic) bond motifs is 1. The molecule has 1 aromatic carbocycles.